The van der Waals surface area contributed by atoms with Gasteiger partial charge in [0.1, 0.15) is 0 Å². The standard InChI is InChI=1S/C12H12N2OS/c1-8-3-4-10(7-9(8)2)14-6-5-13-11(16)12(14)15/h3-7H,1-2H3,(H,13,16). The van der Waals surface area contributed by atoms with E-state index in [0.717, 1.165) is 11.3 Å². The summed E-state index contributed by atoms with van der Waals surface area (Å²) >= 11 is 4.91. The summed E-state index contributed by atoms with van der Waals surface area (Å²) < 4.78 is 1.77. The van der Waals surface area contributed by atoms with Gasteiger partial charge in [0.2, 0.25) is 0 Å². The number of aryl methyl sites for hydroxylation is 2. The summed E-state index contributed by atoms with van der Waals surface area (Å²) in [5, 5.41) is 0. The van der Waals surface area contributed by atoms with Crippen LogP contribution in [-0.2, 0) is 0 Å². The van der Waals surface area contributed by atoms with Gasteiger partial charge in [-0.15, -0.1) is 0 Å². The number of benzene rings is 1. The van der Waals surface area contributed by atoms with Crippen LogP contribution in [0.5, 0.6) is 0 Å². The van der Waals surface area contributed by atoms with Gasteiger partial charge in [-0.3, -0.25) is 9.36 Å². The Labute approximate surface area is 98.4 Å². The summed E-state index contributed by atoms with van der Waals surface area (Å²) in [5.74, 6) is 0. The van der Waals surface area contributed by atoms with E-state index in [-0.39, 0.29) is 10.2 Å². The average Bonchev–Trinajstić information content (AvgIpc) is 2.26. The second-order valence-electron chi connectivity index (χ2n) is 3.73. The van der Waals surface area contributed by atoms with Crippen LogP contribution in [0.1, 0.15) is 11.1 Å². The molecule has 0 amide bonds. The maximum Gasteiger partial charge on any atom is 0.290 e. The van der Waals surface area contributed by atoms with Crippen LogP contribution in [0.4, 0.5) is 0 Å². The number of aromatic amines is 1. The molecule has 82 valence electrons. The van der Waals surface area contributed by atoms with Gasteiger partial charge in [-0.25, -0.2) is 0 Å². The van der Waals surface area contributed by atoms with Crippen LogP contribution >= 0.6 is 12.2 Å². The molecule has 0 radical (unpaired) electrons. The van der Waals surface area contributed by atoms with Crippen molar-refractivity contribution in [1.29, 1.82) is 0 Å². The molecule has 0 saturated heterocycles. The predicted molar refractivity (Wildman–Crippen MR) is 66.7 cm³/mol. The Balaban J connectivity index is 2.68. The average molecular weight is 232 g/mol. The molecule has 0 aliphatic carbocycles. The summed E-state index contributed by atoms with van der Waals surface area (Å²) in [6.45, 7) is 4.06. The Bertz CT molecular complexity index is 640. The summed E-state index contributed by atoms with van der Waals surface area (Å²) in [7, 11) is 0. The molecular weight excluding hydrogens is 220 g/mol. The zero-order chi connectivity index (χ0) is 11.7. The van der Waals surface area contributed by atoms with E-state index >= 15 is 0 Å². The zero-order valence-corrected chi connectivity index (χ0v) is 9.97. The summed E-state index contributed by atoms with van der Waals surface area (Å²) in [6.07, 6.45) is 3.35. The molecule has 0 spiro atoms. The van der Waals surface area contributed by atoms with Crippen molar-refractivity contribution in [3.8, 4) is 5.69 Å². The van der Waals surface area contributed by atoms with Crippen molar-refractivity contribution in [3.05, 3.63) is 56.7 Å². The first-order valence-corrected chi connectivity index (χ1v) is 5.38. The molecule has 2 rings (SSSR count). The van der Waals surface area contributed by atoms with E-state index in [2.05, 4.69) is 4.98 Å². The molecule has 1 N–H and O–H groups in total. The van der Waals surface area contributed by atoms with Crippen LogP contribution in [0, 0.1) is 18.5 Å². The van der Waals surface area contributed by atoms with Gasteiger partial charge in [-0.2, -0.15) is 0 Å². The minimum absolute atomic E-state index is 0.194. The molecular formula is C12H12N2OS. The van der Waals surface area contributed by atoms with Crippen molar-refractivity contribution >= 4 is 12.2 Å². The molecule has 0 saturated carbocycles. The number of hydrogen-bond acceptors (Lipinski definition) is 2. The lowest BCUT2D eigenvalue weighted by atomic mass is 10.1. The van der Waals surface area contributed by atoms with Crippen molar-refractivity contribution in [3.63, 3.8) is 0 Å². The van der Waals surface area contributed by atoms with Gasteiger partial charge in [0.05, 0.1) is 0 Å². The molecule has 0 atom stereocenters. The van der Waals surface area contributed by atoms with Crippen LogP contribution in [0.25, 0.3) is 5.69 Å². The molecule has 0 fully saturated rings. The van der Waals surface area contributed by atoms with Crippen molar-refractivity contribution < 1.29 is 0 Å². The Morgan fingerprint density at radius 3 is 2.69 bits per heavy atom. The maximum absolute atomic E-state index is 11.8. The molecule has 0 aliphatic rings. The second kappa shape index (κ2) is 4.06. The molecule has 2 aromatic rings. The fourth-order valence-electron chi connectivity index (χ4n) is 1.51. The number of nitrogens with one attached hydrogen (secondary N) is 1. The van der Waals surface area contributed by atoms with Crippen molar-refractivity contribution in [1.82, 2.24) is 9.55 Å². The minimum Gasteiger partial charge on any atom is -0.347 e. The van der Waals surface area contributed by atoms with Gasteiger partial charge in [0.15, 0.2) is 4.64 Å². The Kier molecular flexibility index (Phi) is 2.75. The monoisotopic (exact) mass is 232 g/mol. The summed E-state index contributed by atoms with van der Waals surface area (Å²) in [5.41, 5.74) is 3.01. The lowest BCUT2D eigenvalue weighted by molar-refractivity contribution is 0.943. The molecule has 1 heterocycles. The first kappa shape index (κ1) is 10.8. The topological polar surface area (TPSA) is 37.8 Å². The number of rotatable bonds is 1. The van der Waals surface area contributed by atoms with E-state index in [1.807, 2.05) is 32.0 Å². The predicted octanol–water partition coefficient (Wildman–Crippen LogP) is 2.51. The van der Waals surface area contributed by atoms with Crippen LogP contribution in [0.15, 0.2) is 35.4 Å². The normalized spacial score (nSPS) is 10.4. The van der Waals surface area contributed by atoms with E-state index in [1.54, 1.807) is 17.0 Å². The number of H-pyrrole nitrogens is 1. The van der Waals surface area contributed by atoms with Gasteiger partial charge in [0.25, 0.3) is 5.56 Å². The van der Waals surface area contributed by atoms with Gasteiger partial charge >= 0.3 is 0 Å². The first-order chi connectivity index (χ1) is 7.59. The Morgan fingerprint density at radius 1 is 1.25 bits per heavy atom. The summed E-state index contributed by atoms with van der Waals surface area (Å²) in [4.78, 5) is 14.5. The van der Waals surface area contributed by atoms with Crippen LogP contribution in [-0.4, -0.2) is 9.55 Å². The molecule has 3 nitrogen and oxygen atoms in total. The Morgan fingerprint density at radius 2 is 2.00 bits per heavy atom. The van der Waals surface area contributed by atoms with Crippen molar-refractivity contribution in [2.75, 3.05) is 0 Å². The molecule has 0 unspecified atom stereocenters. The fraction of sp³-hybridized carbons (Fsp3) is 0.167. The molecule has 4 heteroatoms. The Hall–Kier alpha value is -1.68. The van der Waals surface area contributed by atoms with Crippen molar-refractivity contribution in [2.24, 2.45) is 0 Å². The van der Waals surface area contributed by atoms with Crippen molar-refractivity contribution in [2.45, 2.75) is 13.8 Å². The number of hydrogen-bond donors (Lipinski definition) is 1. The highest BCUT2D eigenvalue weighted by atomic mass is 32.1. The minimum atomic E-state index is -0.194. The van der Waals surface area contributed by atoms with Gasteiger partial charge in [-0.05, 0) is 37.1 Å². The highest BCUT2D eigenvalue weighted by molar-refractivity contribution is 7.71. The van der Waals surface area contributed by atoms with Gasteiger partial charge in [-0.1, -0.05) is 18.3 Å². The SMILES string of the molecule is Cc1ccc(-n2cc[nH]c(=S)c2=O)cc1C. The molecule has 1 aromatic heterocycles. The molecule has 1 aromatic carbocycles. The molecule has 0 bridgehead atoms. The highest BCUT2D eigenvalue weighted by Gasteiger charge is 2.01. The third-order valence-electron chi connectivity index (χ3n) is 2.62. The van der Waals surface area contributed by atoms with Gasteiger partial charge in [0, 0.05) is 18.1 Å². The van der Waals surface area contributed by atoms with Gasteiger partial charge < -0.3 is 4.98 Å². The third-order valence-corrected chi connectivity index (χ3v) is 2.91. The zero-order valence-electron chi connectivity index (χ0n) is 9.15. The second-order valence-corrected chi connectivity index (χ2v) is 4.14. The van der Waals surface area contributed by atoms with E-state index < -0.39 is 0 Å². The molecule has 16 heavy (non-hydrogen) atoms. The fourth-order valence-corrected chi connectivity index (χ4v) is 1.67. The van der Waals surface area contributed by atoms with E-state index in [1.165, 1.54) is 5.56 Å². The molecule has 0 aliphatic heterocycles. The van der Waals surface area contributed by atoms with Crippen LogP contribution in [0.2, 0.25) is 0 Å². The van der Waals surface area contributed by atoms with E-state index in [4.69, 9.17) is 12.2 Å². The number of nitrogens with zero attached hydrogens (tertiary/aromatic N) is 1. The third kappa shape index (κ3) is 1.84. The smallest absolute Gasteiger partial charge is 0.290 e. The number of aromatic nitrogens is 2. The lowest BCUT2D eigenvalue weighted by Gasteiger charge is -2.07. The highest BCUT2D eigenvalue weighted by Crippen LogP contribution is 2.12. The van der Waals surface area contributed by atoms with Crippen LogP contribution in [0.3, 0.4) is 0 Å². The lowest BCUT2D eigenvalue weighted by Crippen LogP contribution is -2.18. The first-order valence-electron chi connectivity index (χ1n) is 4.97. The maximum atomic E-state index is 11.8. The summed E-state index contributed by atoms with van der Waals surface area (Å²) in [6, 6.07) is 5.89. The van der Waals surface area contributed by atoms with E-state index in [9.17, 15) is 4.79 Å². The van der Waals surface area contributed by atoms with E-state index in [0.29, 0.717) is 0 Å². The van der Waals surface area contributed by atoms with Crippen LogP contribution < -0.4 is 5.56 Å². The quantitative estimate of drug-likeness (QED) is 0.767. The largest absolute Gasteiger partial charge is 0.347 e.